The van der Waals surface area contributed by atoms with Gasteiger partial charge in [-0.1, -0.05) is 24.3 Å². The van der Waals surface area contributed by atoms with Gasteiger partial charge in [0.2, 0.25) is 0 Å². The zero-order valence-corrected chi connectivity index (χ0v) is 13.8. The standard InChI is InChI=1S/C19H25N3/c1-15-10-18(12-20-11-15)17-6-4-16(5-7-17)13-22-9-8-19(14-22)21(2)3/h4-7,10-12,19H,8-9,13-14H2,1-3H3/t19-/m0/s1. The molecule has 22 heavy (non-hydrogen) atoms. The zero-order chi connectivity index (χ0) is 15.5. The van der Waals surface area contributed by atoms with Gasteiger partial charge in [0.1, 0.15) is 0 Å². The topological polar surface area (TPSA) is 19.4 Å². The van der Waals surface area contributed by atoms with Crippen LogP contribution in [0.25, 0.3) is 11.1 Å². The lowest BCUT2D eigenvalue weighted by molar-refractivity contribution is 0.264. The fourth-order valence-corrected chi connectivity index (χ4v) is 3.15. The molecule has 1 aliphatic heterocycles. The molecule has 1 aliphatic rings. The lowest BCUT2D eigenvalue weighted by Crippen LogP contribution is -2.31. The third kappa shape index (κ3) is 3.54. The first-order chi connectivity index (χ1) is 10.6. The summed E-state index contributed by atoms with van der Waals surface area (Å²) in [5, 5.41) is 0. The Labute approximate surface area is 133 Å². The van der Waals surface area contributed by atoms with Crippen molar-refractivity contribution in [2.75, 3.05) is 27.2 Å². The van der Waals surface area contributed by atoms with Crippen LogP contribution in [-0.2, 0) is 6.54 Å². The van der Waals surface area contributed by atoms with Crippen LogP contribution in [0.1, 0.15) is 17.5 Å². The van der Waals surface area contributed by atoms with Crippen molar-refractivity contribution in [3.05, 3.63) is 53.9 Å². The number of hydrogen-bond donors (Lipinski definition) is 0. The first-order valence-electron chi connectivity index (χ1n) is 8.01. The average molecular weight is 295 g/mol. The summed E-state index contributed by atoms with van der Waals surface area (Å²) in [4.78, 5) is 9.17. The van der Waals surface area contributed by atoms with Gasteiger partial charge in [0.25, 0.3) is 0 Å². The van der Waals surface area contributed by atoms with Crippen LogP contribution < -0.4 is 0 Å². The number of nitrogens with zero attached hydrogens (tertiary/aromatic N) is 3. The molecule has 1 aromatic carbocycles. The van der Waals surface area contributed by atoms with Gasteiger partial charge in [-0.25, -0.2) is 0 Å². The summed E-state index contributed by atoms with van der Waals surface area (Å²) in [5.74, 6) is 0. The maximum Gasteiger partial charge on any atom is 0.0346 e. The van der Waals surface area contributed by atoms with Crippen molar-refractivity contribution in [1.29, 1.82) is 0 Å². The van der Waals surface area contributed by atoms with Crippen molar-refractivity contribution >= 4 is 0 Å². The van der Waals surface area contributed by atoms with Gasteiger partial charge in [0.15, 0.2) is 0 Å². The van der Waals surface area contributed by atoms with Crippen molar-refractivity contribution in [1.82, 2.24) is 14.8 Å². The summed E-state index contributed by atoms with van der Waals surface area (Å²) in [5.41, 5.74) is 5.03. The second kappa shape index (κ2) is 6.59. The van der Waals surface area contributed by atoms with Crippen molar-refractivity contribution in [3.63, 3.8) is 0 Å². The van der Waals surface area contributed by atoms with E-state index in [2.05, 4.69) is 66.1 Å². The number of hydrogen-bond acceptors (Lipinski definition) is 3. The minimum absolute atomic E-state index is 0.706. The molecule has 1 aromatic heterocycles. The van der Waals surface area contributed by atoms with Gasteiger partial charge in [-0.2, -0.15) is 0 Å². The molecular formula is C19H25N3. The monoisotopic (exact) mass is 295 g/mol. The van der Waals surface area contributed by atoms with Crippen LogP contribution in [0.4, 0.5) is 0 Å². The van der Waals surface area contributed by atoms with Crippen LogP contribution in [0, 0.1) is 6.92 Å². The Morgan fingerprint density at radius 1 is 1.14 bits per heavy atom. The molecule has 0 aliphatic carbocycles. The summed E-state index contributed by atoms with van der Waals surface area (Å²) in [6.07, 6.45) is 5.11. The van der Waals surface area contributed by atoms with E-state index in [4.69, 9.17) is 0 Å². The predicted octanol–water partition coefficient (Wildman–Crippen LogP) is 3.19. The van der Waals surface area contributed by atoms with E-state index in [0.29, 0.717) is 6.04 Å². The molecule has 1 atom stereocenters. The van der Waals surface area contributed by atoms with E-state index in [0.717, 1.165) is 6.54 Å². The van der Waals surface area contributed by atoms with Crippen molar-refractivity contribution in [2.24, 2.45) is 0 Å². The van der Waals surface area contributed by atoms with E-state index in [1.165, 1.54) is 41.8 Å². The number of likely N-dealkylation sites (tertiary alicyclic amines) is 1. The second-order valence-corrected chi connectivity index (χ2v) is 6.59. The molecule has 0 bridgehead atoms. The second-order valence-electron chi connectivity index (χ2n) is 6.59. The van der Waals surface area contributed by atoms with Gasteiger partial charge in [0.05, 0.1) is 0 Å². The van der Waals surface area contributed by atoms with Gasteiger partial charge in [-0.3, -0.25) is 9.88 Å². The Bertz CT molecular complexity index is 619. The SMILES string of the molecule is Cc1cncc(-c2ccc(CN3CC[C@H](N(C)C)C3)cc2)c1. The molecule has 116 valence electrons. The highest BCUT2D eigenvalue weighted by Crippen LogP contribution is 2.21. The third-order valence-corrected chi connectivity index (χ3v) is 4.55. The van der Waals surface area contributed by atoms with Crippen LogP contribution in [0.3, 0.4) is 0 Å². The molecule has 0 radical (unpaired) electrons. The van der Waals surface area contributed by atoms with Crippen LogP contribution in [0.15, 0.2) is 42.7 Å². The molecular weight excluding hydrogens is 270 g/mol. The van der Waals surface area contributed by atoms with Crippen molar-refractivity contribution in [2.45, 2.75) is 25.9 Å². The first kappa shape index (κ1) is 15.2. The lowest BCUT2D eigenvalue weighted by Gasteiger charge is -2.20. The summed E-state index contributed by atoms with van der Waals surface area (Å²) < 4.78 is 0. The number of aromatic nitrogens is 1. The molecule has 2 heterocycles. The van der Waals surface area contributed by atoms with E-state index < -0.39 is 0 Å². The molecule has 0 saturated carbocycles. The maximum absolute atomic E-state index is 4.28. The molecule has 1 saturated heterocycles. The Kier molecular flexibility index (Phi) is 4.55. The summed E-state index contributed by atoms with van der Waals surface area (Å²) >= 11 is 0. The number of pyridine rings is 1. The highest BCUT2D eigenvalue weighted by molar-refractivity contribution is 5.63. The smallest absolute Gasteiger partial charge is 0.0346 e. The van der Waals surface area contributed by atoms with E-state index in [1.807, 2.05) is 12.4 Å². The van der Waals surface area contributed by atoms with Crippen LogP contribution in [0.5, 0.6) is 0 Å². The molecule has 0 amide bonds. The van der Waals surface area contributed by atoms with Crippen LogP contribution in [0.2, 0.25) is 0 Å². The highest BCUT2D eigenvalue weighted by atomic mass is 15.2. The lowest BCUT2D eigenvalue weighted by atomic mass is 10.0. The van der Waals surface area contributed by atoms with Gasteiger partial charge >= 0.3 is 0 Å². The summed E-state index contributed by atoms with van der Waals surface area (Å²) in [6.45, 7) is 5.51. The quantitative estimate of drug-likeness (QED) is 0.863. The molecule has 2 aromatic rings. The minimum atomic E-state index is 0.706. The van der Waals surface area contributed by atoms with E-state index >= 15 is 0 Å². The van der Waals surface area contributed by atoms with Gasteiger partial charge in [0, 0.05) is 43.6 Å². The number of likely N-dealkylation sites (N-methyl/N-ethyl adjacent to an activating group) is 1. The van der Waals surface area contributed by atoms with Gasteiger partial charge < -0.3 is 4.90 Å². The van der Waals surface area contributed by atoms with Crippen molar-refractivity contribution < 1.29 is 0 Å². The highest BCUT2D eigenvalue weighted by Gasteiger charge is 2.23. The Morgan fingerprint density at radius 2 is 1.91 bits per heavy atom. The molecule has 0 unspecified atom stereocenters. The van der Waals surface area contributed by atoms with E-state index in [9.17, 15) is 0 Å². The van der Waals surface area contributed by atoms with Crippen molar-refractivity contribution in [3.8, 4) is 11.1 Å². The van der Waals surface area contributed by atoms with E-state index in [1.54, 1.807) is 0 Å². The molecule has 3 heteroatoms. The summed E-state index contributed by atoms with van der Waals surface area (Å²) in [7, 11) is 4.36. The zero-order valence-electron chi connectivity index (χ0n) is 13.8. The molecule has 0 spiro atoms. The predicted molar refractivity (Wildman–Crippen MR) is 91.8 cm³/mol. The molecule has 1 fully saturated rings. The number of rotatable bonds is 4. The third-order valence-electron chi connectivity index (χ3n) is 4.55. The Hall–Kier alpha value is -1.71. The largest absolute Gasteiger partial charge is 0.305 e. The van der Waals surface area contributed by atoms with Gasteiger partial charge in [-0.05, 0) is 50.2 Å². The van der Waals surface area contributed by atoms with Crippen LogP contribution in [-0.4, -0.2) is 48.0 Å². The molecule has 3 rings (SSSR count). The van der Waals surface area contributed by atoms with Crippen LogP contribution >= 0.6 is 0 Å². The molecule has 3 nitrogen and oxygen atoms in total. The fraction of sp³-hybridized carbons (Fsp3) is 0.421. The number of benzene rings is 1. The maximum atomic E-state index is 4.28. The number of aryl methyl sites for hydroxylation is 1. The first-order valence-corrected chi connectivity index (χ1v) is 8.01. The Balaban J connectivity index is 1.65. The Morgan fingerprint density at radius 3 is 2.55 bits per heavy atom. The van der Waals surface area contributed by atoms with Gasteiger partial charge in [-0.15, -0.1) is 0 Å². The average Bonchev–Trinajstić information content (AvgIpc) is 2.97. The molecule has 0 N–H and O–H groups in total. The van der Waals surface area contributed by atoms with E-state index in [-0.39, 0.29) is 0 Å². The fourth-order valence-electron chi connectivity index (χ4n) is 3.15. The normalized spacial score (nSPS) is 19.0. The minimum Gasteiger partial charge on any atom is -0.305 e. The summed E-state index contributed by atoms with van der Waals surface area (Å²) in [6, 6.07) is 11.8.